The average Bonchev–Trinajstić information content (AvgIpc) is 2.01. The molecule has 0 aromatic heterocycles. The number of carbonyl (C=O) groups is 1. The molecular weight excluding hydrogens is 192 g/mol. The maximum Gasteiger partial charge on any atom is 0.340 e. The Balaban J connectivity index is 3.95. The molecular formula is C7H8F4O2. The highest BCUT2D eigenvalue weighted by molar-refractivity contribution is 5.81. The third-order valence-electron chi connectivity index (χ3n) is 1.03. The summed E-state index contributed by atoms with van der Waals surface area (Å²) >= 11 is 0. The first-order valence-corrected chi connectivity index (χ1v) is 3.35. The van der Waals surface area contributed by atoms with Crippen molar-refractivity contribution in [2.24, 2.45) is 0 Å². The molecule has 0 bridgehead atoms. The van der Waals surface area contributed by atoms with E-state index in [0.29, 0.717) is 0 Å². The summed E-state index contributed by atoms with van der Waals surface area (Å²) in [6.07, 6.45) is -1.71. The fourth-order valence-corrected chi connectivity index (χ4v) is 0.415. The molecule has 76 valence electrons. The maximum atomic E-state index is 12.1. The first kappa shape index (κ1) is 11.9. The van der Waals surface area contributed by atoms with Gasteiger partial charge in [0, 0.05) is 6.08 Å². The number of esters is 1. The lowest BCUT2D eigenvalue weighted by atomic mass is 10.4. The number of rotatable bonds is 4. The molecule has 0 amide bonds. The van der Waals surface area contributed by atoms with Crippen molar-refractivity contribution in [1.82, 2.24) is 0 Å². The van der Waals surface area contributed by atoms with Gasteiger partial charge in [-0.3, -0.25) is 0 Å². The van der Waals surface area contributed by atoms with Crippen molar-refractivity contribution >= 4 is 5.97 Å². The molecule has 0 spiro atoms. The molecule has 0 fully saturated rings. The molecule has 0 aromatic carbocycles. The van der Waals surface area contributed by atoms with Crippen molar-refractivity contribution in [3.63, 3.8) is 0 Å². The molecule has 0 atom stereocenters. The lowest BCUT2D eigenvalue weighted by Crippen LogP contribution is -2.33. The summed E-state index contributed by atoms with van der Waals surface area (Å²) in [6.45, 7) is -0.139. The van der Waals surface area contributed by atoms with Crippen LogP contribution >= 0.6 is 0 Å². The van der Waals surface area contributed by atoms with Crippen molar-refractivity contribution in [3.05, 3.63) is 12.2 Å². The van der Waals surface area contributed by atoms with Crippen molar-refractivity contribution in [1.29, 1.82) is 0 Å². The first-order chi connectivity index (χ1) is 5.90. The van der Waals surface area contributed by atoms with Crippen LogP contribution in [0.15, 0.2) is 12.2 Å². The van der Waals surface area contributed by atoms with Gasteiger partial charge in [-0.05, 0) is 6.92 Å². The van der Waals surface area contributed by atoms with E-state index in [2.05, 4.69) is 4.74 Å². The summed E-state index contributed by atoms with van der Waals surface area (Å²) < 4.78 is 51.0. The monoisotopic (exact) mass is 200 g/mol. The molecule has 6 heteroatoms. The Morgan fingerprint density at radius 2 is 2.08 bits per heavy atom. The normalized spacial score (nSPS) is 12.5. The molecule has 0 saturated heterocycles. The van der Waals surface area contributed by atoms with Crippen molar-refractivity contribution in [2.45, 2.75) is 19.3 Å². The van der Waals surface area contributed by atoms with Crippen molar-refractivity contribution in [2.75, 3.05) is 6.61 Å². The fraction of sp³-hybridized carbons (Fsp3) is 0.571. The van der Waals surface area contributed by atoms with E-state index in [4.69, 9.17) is 0 Å². The van der Waals surface area contributed by atoms with Gasteiger partial charge in [0.05, 0.1) is 0 Å². The van der Waals surface area contributed by atoms with Crippen LogP contribution in [0.2, 0.25) is 0 Å². The molecule has 0 saturated carbocycles. The Bertz CT molecular complexity index is 201. The van der Waals surface area contributed by atoms with Crippen LogP contribution in [0.5, 0.6) is 0 Å². The topological polar surface area (TPSA) is 26.3 Å². The number of ether oxygens (including phenoxy) is 1. The van der Waals surface area contributed by atoms with Gasteiger partial charge in [-0.1, -0.05) is 6.08 Å². The largest absolute Gasteiger partial charge is 0.456 e. The van der Waals surface area contributed by atoms with Crippen LogP contribution in [0.3, 0.4) is 0 Å². The SMILES string of the molecule is C/C=C/C(=O)OCC(F)(F)C(F)F. The van der Waals surface area contributed by atoms with Gasteiger partial charge in [-0.2, -0.15) is 8.78 Å². The van der Waals surface area contributed by atoms with E-state index in [0.717, 1.165) is 6.08 Å². The van der Waals surface area contributed by atoms with E-state index in [1.165, 1.54) is 13.0 Å². The van der Waals surface area contributed by atoms with E-state index >= 15 is 0 Å². The molecule has 0 rings (SSSR count). The number of carbonyl (C=O) groups excluding carboxylic acids is 1. The van der Waals surface area contributed by atoms with E-state index in [-0.39, 0.29) is 0 Å². The Labute approximate surface area is 72.2 Å². The summed E-state index contributed by atoms with van der Waals surface area (Å²) in [4.78, 5) is 10.4. The zero-order chi connectivity index (χ0) is 10.5. The van der Waals surface area contributed by atoms with Crippen LogP contribution < -0.4 is 0 Å². The summed E-state index contributed by atoms with van der Waals surface area (Å²) in [6, 6.07) is 0. The molecule has 2 nitrogen and oxygen atoms in total. The zero-order valence-electron chi connectivity index (χ0n) is 6.77. The highest BCUT2D eigenvalue weighted by atomic mass is 19.3. The lowest BCUT2D eigenvalue weighted by molar-refractivity contribution is -0.176. The molecule has 0 heterocycles. The van der Waals surface area contributed by atoms with Crippen LogP contribution in [0.25, 0.3) is 0 Å². The maximum absolute atomic E-state index is 12.1. The van der Waals surface area contributed by atoms with E-state index in [1.54, 1.807) is 0 Å². The van der Waals surface area contributed by atoms with Crippen LogP contribution in [0, 0.1) is 0 Å². The van der Waals surface area contributed by atoms with Gasteiger partial charge in [-0.15, -0.1) is 0 Å². The highest BCUT2D eigenvalue weighted by Crippen LogP contribution is 2.22. The molecule has 0 aliphatic carbocycles. The van der Waals surface area contributed by atoms with Crippen molar-refractivity contribution in [3.8, 4) is 0 Å². The summed E-state index contributed by atoms with van der Waals surface area (Å²) in [5.74, 6) is -5.35. The van der Waals surface area contributed by atoms with Gasteiger partial charge in [-0.25, -0.2) is 13.6 Å². The zero-order valence-corrected chi connectivity index (χ0v) is 6.77. The third kappa shape index (κ3) is 4.49. The second-order valence-corrected chi connectivity index (χ2v) is 2.17. The predicted octanol–water partition coefficient (Wildman–Crippen LogP) is 2.01. The van der Waals surface area contributed by atoms with Gasteiger partial charge < -0.3 is 4.74 Å². The van der Waals surface area contributed by atoms with E-state index in [1.807, 2.05) is 0 Å². The first-order valence-electron chi connectivity index (χ1n) is 3.35. The van der Waals surface area contributed by atoms with Gasteiger partial charge >= 0.3 is 18.3 Å². The number of halogens is 4. The Morgan fingerprint density at radius 1 is 1.54 bits per heavy atom. The Kier molecular flexibility index (Phi) is 4.44. The van der Waals surface area contributed by atoms with Gasteiger partial charge in [0.2, 0.25) is 0 Å². The number of hydrogen-bond acceptors (Lipinski definition) is 2. The minimum atomic E-state index is -4.28. The van der Waals surface area contributed by atoms with Crippen LogP contribution in [-0.2, 0) is 9.53 Å². The second-order valence-electron chi connectivity index (χ2n) is 2.17. The fourth-order valence-electron chi connectivity index (χ4n) is 0.415. The standard InChI is InChI=1S/C7H8F4O2/c1-2-3-5(12)13-4-7(10,11)6(8)9/h2-3,6H,4H2,1H3/b3-2+. The third-order valence-corrected chi connectivity index (χ3v) is 1.03. The highest BCUT2D eigenvalue weighted by Gasteiger charge is 2.42. The Hall–Kier alpha value is -1.07. The minimum Gasteiger partial charge on any atom is -0.456 e. The minimum absolute atomic E-state index is 0.863. The summed E-state index contributed by atoms with van der Waals surface area (Å²) in [5.41, 5.74) is 0. The number of hydrogen-bond donors (Lipinski definition) is 0. The van der Waals surface area contributed by atoms with E-state index in [9.17, 15) is 22.4 Å². The predicted molar refractivity (Wildman–Crippen MR) is 36.7 cm³/mol. The number of alkyl halides is 4. The van der Waals surface area contributed by atoms with Crippen LogP contribution in [0.1, 0.15) is 6.92 Å². The number of allylic oxidation sites excluding steroid dienone is 1. The van der Waals surface area contributed by atoms with Crippen molar-refractivity contribution < 1.29 is 27.1 Å². The molecule has 0 aliphatic heterocycles. The van der Waals surface area contributed by atoms with Gasteiger partial charge in [0.25, 0.3) is 0 Å². The molecule has 0 N–H and O–H groups in total. The molecule has 0 radical (unpaired) electrons. The quantitative estimate of drug-likeness (QED) is 0.394. The molecule has 0 aliphatic rings. The van der Waals surface area contributed by atoms with E-state index < -0.39 is 24.9 Å². The molecule has 13 heavy (non-hydrogen) atoms. The molecule has 0 unspecified atom stereocenters. The Morgan fingerprint density at radius 3 is 2.46 bits per heavy atom. The summed E-state index contributed by atoms with van der Waals surface area (Å²) in [5, 5.41) is 0. The average molecular weight is 200 g/mol. The van der Waals surface area contributed by atoms with Gasteiger partial charge in [0.15, 0.2) is 6.61 Å². The van der Waals surface area contributed by atoms with Crippen LogP contribution in [0.4, 0.5) is 17.6 Å². The van der Waals surface area contributed by atoms with Crippen LogP contribution in [-0.4, -0.2) is 24.9 Å². The second kappa shape index (κ2) is 4.84. The van der Waals surface area contributed by atoms with Gasteiger partial charge in [0.1, 0.15) is 0 Å². The molecule has 0 aromatic rings. The summed E-state index contributed by atoms with van der Waals surface area (Å²) in [7, 11) is 0. The smallest absolute Gasteiger partial charge is 0.340 e. The lowest BCUT2D eigenvalue weighted by Gasteiger charge is -2.13.